The number of benzene rings is 3. The molecule has 1 aromatic heterocycles. The van der Waals surface area contributed by atoms with E-state index in [0.29, 0.717) is 17.3 Å². The van der Waals surface area contributed by atoms with Crippen LogP contribution < -0.4 is 20.5 Å². The predicted molar refractivity (Wildman–Crippen MR) is 124 cm³/mol. The van der Waals surface area contributed by atoms with Crippen LogP contribution in [0.3, 0.4) is 0 Å². The quantitative estimate of drug-likeness (QED) is 0.416. The summed E-state index contributed by atoms with van der Waals surface area (Å²) >= 11 is 0. The number of carbonyl (C=O) groups excluding carboxylic acids is 1. The van der Waals surface area contributed by atoms with Crippen molar-refractivity contribution in [1.29, 1.82) is 0 Å². The molecule has 4 rings (SSSR count). The summed E-state index contributed by atoms with van der Waals surface area (Å²) in [6.07, 6.45) is 5.24. The molecular formula is C25H20N4O3. The van der Waals surface area contributed by atoms with Gasteiger partial charge >= 0.3 is 0 Å². The first kappa shape index (κ1) is 20.7. The molecule has 3 N–H and O–H groups in total. The number of nitrogens with one attached hydrogen (secondary N) is 1. The molecule has 7 heteroatoms. The summed E-state index contributed by atoms with van der Waals surface area (Å²) < 4.78 is 10.7. The lowest BCUT2D eigenvalue weighted by atomic mass is 10.0. The van der Waals surface area contributed by atoms with Gasteiger partial charge in [-0.15, -0.1) is 16.6 Å². The van der Waals surface area contributed by atoms with E-state index in [1.54, 1.807) is 12.1 Å². The van der Waals surface area contributed by atoms with Crippen LogP contribution in [0.1, 0.15) is 0 Å². The van der Waals surface area contributed by atoms with Crippen LogP contribution in [0.15, 0.2) is 72.8 Å². The zero-order chi connectivity index (χ0) is 22.3. The van der Waals surface area contributed by atoms with Crippen LogP contribution in [-0.4, -0.2) is 29.3 Å². The smallest absolute Gasteiger partial charge is 0.255 e. The molecule has 0 radical (unpaired) electrons. The van der Waals surface area contributed by atoms with Gasteiger partial charge in [-0.25, -0.2) is 0 Å². The highest BCUT2D eigenvalue weighted by molar-refractivity contribution is 6.00. The Bertz CT molecular complexity index is 1280. The minimum atomic E-state index is -0.524. The molecule has 7 nitrogen and oxygen atoms in total. The van der Waals surface area contributed by atoms with E-state index in [9.17, 15) is 4.79 Å². The molecule has 0 unspecified atom stereocenters. The number of rotatable bonds is 8. The molecule has 0 aliphatic rings. The van der Waals surface area contributed by atoms with Gasteiger partial charge in [0, 0.05) is 22.0 Å². The van der Waals surface area contributed by atoms with E-state index in [2.05, 4.69) is 21.4 Å². The molecule has 32 heavy (non-hydrogen) atoms. The first-order valence-corrected chi connectivity index (χ1v) is 9.84. The predicted octanol–water partition coefficient (Wildman–Crippen LogP) is 3.92. The maximum Gasteiger partial charge on any atom is 0.255 e. The second kappa shape index (κ2) is 9.49. The van der Waals surface area contributed by atoms with Crippen molar-refractivity contribution in [1.82, 2.24) is 10.2 Å². The number of nitrogens with zero attached hydrogens (tertiary/aromatic N) is 2. The molecule has 1 amide bonds. The average molecular weight is 424 g/mol. The van der Waals surface area contributed by atoms with Crippen molar-refractivity contribution < 1.29 is 14.3 Å². The minimum Gasteiger partial charge on any atom is -0.484 e. The van der Waals surface area contributed by atoms with Gasteiger partial charge in [-0.1, -0.05) is 30.2 Å². The number of nitrogens with two attached hydrogens (primary N) is 1. The topological polar surface area (TPSA) is 99.4 Å². The molecule has 0 saturated carbocycles. The number of fused-ring (bicyclic) bond motifs is 1. The SMILES string of the molecule is C#CCOc1ccc(-c2nnc(Nc3ccc(OCC(N)=O)cc3)c3ccccc23)cc1. The van der Waals surface area contributed by atoms with E-state index >= 15 is 0 Å². The molecule has 0 bridgehead atoms. The van der Waals surface area contributed by atoms with E-state index in [-0.39, 0.29) is 13.2 Å². The lowest BCUT2D eigenvalue weighted by molar-refractivity contribution is -0.119. The van der Waals surface area contributed by atoms with Gasteiger partial charge in [-0.3, -0.25) is 4.79 Å². The number of anilines is 2. The van der Waals surface area contributed by atoms with Gasteiger partial charge in [0.2, 0.25) is 0 Å². The third-order valence-electron chi connectivity index (χ3n) is 4.64. The monoisotopic (exact) mass is 424 g/mol. The number of hydrogen-bond donors (Lipinski definition) is 2. The number of carbonyl (C=O) groups is 1. The lowest BCUT2D eigenvalue weighted by Gasteiger charge is -2.12. The maximum atomic E-state index is 10.9. The van der Waals surface area contributed by atoms with Crippen LogP contribution in [0, 0.1) is 12.3 Å². The Labute approximate surface area is 185 Å². The summed E-state index contributed by atoms with van der Waals surface area (Å²) in [4.78, 5) is 10.9. The fourth-order valence-electron chi connectivity index (χ4n) is 3.17. The van der Waals surface area contributed by atoms with Gasteiger partial charge in [-0.05, 0) is 48.5 Å². The van der Waals surface area contributed by atoms with E-state index < -0.39 is 5.91 Å². The summed E-state index contributed by atoms with van der Waals surface area (Å²) in [6, 6.07) is 22.7. The van der Waals surface area contributed by atoms with Crippen molar-refractivity contribution in [3.63, 3.8) is 0 Å². The van der Waals surface area contributed by atoms with E-state index in [1.165, 1.54) is 0 Å². The molecule has 0 fully saturated rings. The number of terminal acetylenes is 1. The summed E-state index contributed by atoms with van der Waals surface area (Å²) in [5, 5.41) is 14.1. The zero-order valence-corrected chi connectivity index (χ0v) is 17.1. The van der Waals surface area contributed by atoms with Crippen molar-refractivity contribution in [3.05, 3.63) is 72.8 Å². The molecule has 0 spiro atoms. The number of hydrogen-bond acceptors (Lipinski definition) is 6. The van der Waals surface area contributed by atoms with Crippen molar-refractivity contribution in [3.8, 4) is 35.1 Å². The fraction of sp³-hybridized carbons (Fsp3) is 0.0800. The molecule has 3 aromatic carbocycles. The number of amides is 1. The Morgan fingerprint density at radius 3 is 2.25 bits per heavy atom. The van der Waals surface area contributed by atoms with Crippen LogP contribution in [0.2, 0.25) is 0 Å². The molecule has 1 heterocycles. The van der Waals surface area contributed by atoms with E-state index in [1.807, 2.05) is 60.7 Å². The number of ether oxygens (including phenoxy) is 2. The molecule has 0 aliphatic carbocycles. The second-order valence-corrected chi connectivity index (χ2v) is 6.86. The Kier molecular flexibility index (Phi) is 6.14. The molecule has 158 valence electrons. The Hall–Kier alpha value is -4.57. The second-order valence-electron chi connectivity index (χ2n) is 6.86. The van der Waals surface area contributed by atoms with Crippen LogP contribution in [0.4, 0.5) is 11.5 Å². The third-order valence-corrected chi connectivity index (χ3v) is 4.64. The van der Waals surface area contributed by atoms with Crippen molar-refractivity contribution in [2.24, 2.45) is 5.73 Å². The summed E-state index contributed by atoms with van der Waals surface area (Å²) in [5.74, 6) is 3.80. The number of primary amides is 1. The van der Waals surface area contributed by atoms with Gasteiger partial charge in [0.05, 0.1) is 0 Å². The third kappa shape index (κ3) is 4.77. The lowest BCUT2D eigenvalue weighted by Crippen LogP contribution is -2.19. The highest BCUT2D eigenvalue weighted by Crippen LogP contribution is 2.32. The Morgan fingerprint density at radius 2 is 1.56 bits per heavy atom. The average Bonchev–Trinajstić information content (AvgIpc) is 2.83. The Morgan fingerprint density at radius 1 is 0.906 bits per heavy atom. The van der Waals surface area contributed by atoms with Gasteiger partial charge in [0.15, 0.2) is 12.4 Å². The molecule has 0 saturated heterocycles. The van der Waals surface area contributed by atoms with E-state index in [0.717, 1.165) is 27.7 Å². The molecule has 0 atom stereocenters. The largest absolute Gasteiger partial charge is 0.484 e. The standard InChI is InChI=1S/C25H20N4O3/c1-2-15-31-19-11-7-17(8-12-19)24-21-5-3-4-6-22(21)25(29-28-24)27-18-9-13-20(14-10-18)32-16-23(26)30/h1,3-14H,15-16H2,(H2,26,30)(H,27,29). The molecule has 4 aromatic rings. The van der Waals surface area contributed by atoms with Crippen LogP contribution in [0.5, 0.6) is 11.5 Å². The van der Waals surface area contributed by atoms with Gasteiger partial charge in [-0.2, -0.15) is 0 Å². The van der Waals surface area contributed by atoms with Crippen LogP contribution in [-0.2, 0) is 4.79 Å². The minimum absolute atomic E-state index is 0.165. The summed E-state index contributed by atoms with van der Waals surface area (Å²) in [6.45, 7) is 0.0576. The van der Waals surface area contributed by atoms with Gasteiger partial charge < -0.3 is 20.5 Å². The highest BCUT2D eigenvalue weighted by Gasteiger charge is 2.11. The maximum absolute atomic E-state index is 10.9. The van der Waals surface area contributed by atoms with E-state index in [4.69, 9.17) is 21.6 Å². The highest BCUT2D eigenvalue weighted by atomic mass is 16.5. The van der Waals surface area contributed by atoms with Crippen molar-refractivity contribution >= 4 is 28.2 Å². The Balaban J connectivity index is 1.60. The first-order valence-electron chi connectivity index (χ1n) is 9.84. The van der Waals surface area contributed by atoms with Crippen molar-refractivity contribution in [2.75, 3.05) is 18.5 Å². The van der Waals surface area contributed by atoms with Gasteiger partial charge in [0.25, 0.3) is 5.91 Å². The zero-order valence-electron chi connectivity index (χ0n) is 17.1. The fourth-order valence-corrected chi connectivity index (χ4v) is 3.17. The van der Waals surface area contributed by atoms with Crippen molar-refractivity contribution in [2.45, 2.75) is 0 Å². The molecular weight excluding hydrogens is 404 g/mol. The molecule has 0 aliphatic heterocycles. The summed E-state index contributed by atoms with van der Waals surface area (Å²) in [5.41, 5.74) is 7.59. The van der Waals surface area contributed by atoms with Gasteiger partial charge in [0.1, 0.15) is 23.8 Å². The van der Waals surface area contributed by atoms with Crippen LogP contribution >= 0.6 is 0 Å². The number of aromatic nitrogens is 2. The summed E-state index contributed by atoms with van der Waals surface area (Å²) in [7, 11) is 0. The van der Waals surface area contributed by atoms with Crippen LogP contribution in [0.25, 0.3) is 22.0 Å². The first-order chi connectivity index (χ1) is 15.6. The normalized spacial score (nSPS) is 10.3.